The third-order valence-electron chi connectivity index (χ3n) is 4.61. The van der Waals surface area contributed by atoms with Gasteiger partial charge >= 0.3 is 0 Å². The summed E-state index contributed by atoms with van der Waals surface area (Å²) in [4.78, 5) is 17.9. The number of aryl methyl sites for hydroxylation is 1. The van der Waals surface area contributed by atoms with Crippen molar-refractivity contribution in [2.45, 2.75) is 6.92 Å². The van der Waals surface area contributed by atoms with Crippen LogP contribution in [-0.4, -0.2) is 46.2 Å². The third-order valence-corrected chi connectivity index (χ3v) is 4.61. The number of hydrogen-bond donors (Lipinski definition) is 1. The van der Waals surface area contributed by atoms with Crippen molar-refractivity contribution in [1.29, 1.82) is 0 Å². The maximum atomic E-state index is 10.1. The predicted molar refractivity (Wildman–Crippen MR) is 103 cm³/mol. The molecule has 0 spiro atoms. The summed E-state index contributed by atoms with van der Waals surface area (Å²) in [5.41, 5.74) is 2.81. The molecule has 4 rings (SSSR count). The Bertz CT molecular complexity index is 892. The van der Waals surface area contributed by atoms with Gasteiger partial charge in [0, 0.05) is 55.9 Å². The molecular weight excluding hydrogens is 326 g/mol. The highest BCUT2D eigenvalue weighted by Gasteiger charge is 2.21. The van der Waals surface area contributed by atoms with Gasteiger partial charge in [-0.15, -0.1) is 0 Å². The Hall–Kier alpha value is -3.15. The molecule has 6 nitrogen and oxygen atoms in total. The van der Waals surface area contributed by atoms with Crippen LogP contribution in [0, 0.1) is 6.92 Å². The van der Waals surface area contributed by atoms with Crippen LogP contribution < -0.4 is 9.80 Å². The van der Waals surface area contributed by atoms with E-state index in [-0.39, 0.29) is 0 Å². The van der Waals surface area contributed by atoms with Crippen LogP contribution in [0.5, 0.6) is 5.75 Å². The highest BCUT2D eigenvalue weighted by molar-refractivity contribution is 5.60. The zero-order valence-electron chi connectivity index (χ0n) is 14.7. The second-order valence-electron chi connectivity index (χ2n) is 6.39. The van der Waals surface area contributed by atoms with Crippen molar-refractivity contribution in [1.82, 2.24) is 15.0 Å². The number of benzene rings is 1. The maximum Gasteiger partial charge on any atom is 0.161 e. The molecule has 1 aromatic carbocycles. The highest BCUT2D eigenvalue weighted by atomic mass is 16.3. The SMILES string of the molecule is Cc1cc(N2CCN(c3ccccc3O)CC2)nc(-c2ccncc2)n1. The van der Waals surface area contributed by atoms with Crippen molar-refractivity contribution in [3.8, 4) is 17.1 Å². The van der Waals surface area contributed by atoms with E-state index in [4.69, 9.17) is 4.98 Å². The smallest absolute Gasteiger partial charge is 0.161 e. The average molecular weight is 347 g/mol. The van der Waals surface area contributed by atoms with Crippen LogP contribution in [-0.2, 0) is 0 Å². The molecule has 0 amide bonds. The fourth-order valence-corrected chi connectivity index (χ4v) is 3.25. The number of piperazine rings is 1. The molecule has 0 radical (unpaired) electrons. The summed E-state index contributed by atoms with van der Waals surface area (Å²) in [6.45, 7) is 5.37. The number of pyridine rings is 1. The van der Waals surface area contributed by atoms with Crippen molar-refractivity contribution < 1.29 is 5.11 Å². The summed E-state index contributed by atoms with van der Waals surface area (Å²) in [6, 6.07) is 13.4. The van der Waals surface area contributed by atoms with Crippen LogP contribution in [0.1, 0.15) is 5.69 Å². The zero-order valence-corrected chi connectivity index (χ0v) is 14.7. The molecule has 1 saturated heterocycles. The topological polar surface area (TPSA) is 65.4 Å². The lowest BCUT2D eigenvalue weighted by Gasteiger charge is -2.37. The van der Waals surface area contributed by atoms with Gasteiger partial charge in [-0.25, -0.2) is 9.97 Å². The predicted octanol–water partition coefficient (Wildman–Crippen LogP) is 2.88. The maximum absolute atomic E-state index is 10.1. The number of phenols is 1. The second-order valence-corrected chi connectivity index (χ2v) is 6.39. The van der Waals surface area contributed by atoms with Crippen molar-refractivity contribution in [2.75, 3.05) is 36.0 Å². The molecule has 1 fully saturated rings. The Morgan fingerprint density at radius 3 is 2.31 bits per heavy atom. The third kappa shape index (κ3) is 3.31. The van der Waals surface area contributed by atoms with E-state index in [1.54, 1.807) is 18.5 Å². The normalized spacial score (nSPS) is 14.5. The Balaban J connectivity index is 1.53. The molecule has 3 aromatic rings. The molecule has 1 aliphatic rings. The number of rotatable bonds is 3. The van der Waals surface area contributed by atoms with Gasteiger partial charge in [-0.3, -0.25) is 4.98 Å². The monoisotopic (exact) mass is 347 g/mol. The minimum absolute atomic E-state index is 0.332. The fourth-order valence-electron chi connectivity index (χ4n) is 3.25. The van der Waals surface area contributed by atoms with Crippen LogP contribution in [0.15, 0.2) is 54.9 Å². The van der Waals surface area contributed by atoms with Gasteiger partial charge < -0.3 is 14.9 Å². The molecule has 26 heavy (non-hydrogen) atoms. The van der Waals surface area contributed by atoms with Gasteiger partial charge in [0.1, 0.15) is 11.6 Å². The van der Waals surface area contributed by atoms with E-state index in [0.717, 1.165) is 54.8 Å². The van der Waals surface area contributed by atoms with Crippen LogP contribution in [0.4, 0.5) is 11.5 Å². The van der Waals surface area contributed by atoms with Crippen LogP contribution in [0.2, 0.25) is 0 Å². The summed E-state index contributed by atoms with van der Waals surface area (Å²) < 4.78 is 0. The lowest BCUT2D eigenvalue weighted by atomic mass is 10.2. The summed E-state index contributed by atoms with van der Waals surface area (Å²) in [6.07, 6.45) is 3.51. The van der Waals surface area contributed by atoms with Gasteiger partial charge in [-0.2, -0.15) is 0 Å². The van der Waals surface area contributed by atoms with E-state index in [9.17, 15) is 5.11 Å². The summed E-state index contributed by atoms with van der Waals surface area (Å²) in [7, 11) is 0. The molecule has 1 N–H and O–H groups in total. The molecule has 0 aliphatic carbocycles. The number of hydrogen-bond acceptors (Lipinski definition) is 6. The summed E-state index contributed by atoms with van der Waals surface area (Å²) in [5, 5.41) is 10.1. The lowest BCUT2D eigenvalue weighted by molar-refractivity contribution is 0.472. The van der Waals surface area contributed by atoms with Gasteiger partial charge in [0.25, 0.3) is 0 Å². The van der Waals surface area contributed by atoms with E-state index < -0.39 is 0 Å². The number of para-hydroxylation sites is 2. The Morgan fingerprint density at radius 2 is 1.58 bits per heavy atom. The quantitative estimate of drug-likeness (QED) is 0.786. The van der Waals surface area contributed by atoms with Gasteiger partial charge in [0.15, 0.2) is 5.82 Å². The number of anilines is 2. The zero-order chi connectivity index (χ0) is 17.9. The standard InChI is InChI=1S/C20H21N5O/c1-15-14-19(23-20(22-15)16-6-8-21-9-7-16)25-12-10-24(11-13-25)17-4-2-3-5-18(17)26/h2-9,14,26H,10-13H2,1H3. The molecule has 3 heterocycles. The van der Waals surface area contributed by atoms with Crippen molar-refractivity contribution in [3.63, 3.8) is 0 Å². The number of aromatic nitrogens is 3. The number of aromatic hydroxyl groups is 1. The van der Waals surface area contributed by atoms with Gasteiger partial charge in [0.05, 0.1) is 5.69 Å². The van der Waals surface area contributed by atoms with E-state index >= 15 is 0 Å². The van der Waals surface area contributed by atoms with Crippen LogP contribution in [0.25, 0.3) is 11.4 Å². The number of nitrogens with zero attached hydrogens (tertiary/aromatic N) is 5. The largest absolute Gasteiger partial charge is 0.506 e. The summed E-state index contributed by atoms with van der Waals surface area (Å²) >= 11 is 0. The first-order valence-electron chi connectivity index (χ1n) is 8.75. The van der Waals surface area contributed by atoms with Gasteiger partial charge in [-0.1, -0.05) is 12.1 Å². The molecular formula is C20H21N5O. The Morgan fingerprint density at radius 1 is 0.885 bits per heavy atom. The molecule has 0 saturated carbocycles. The van der Waals surface area contributed by atoms with Crippen LogP contribution in [0.3, 0.4) is 0 Å². The molecule has 0 unspecified atom stereocenters. The van der Waals surface area contributed by atoms with E-state index in [2.05, 4.69) is 19.8 Å². The molecule has 132 valence electrons. The first-order valence-corrected chi connectivity index (χ1v) is 8.75. The van der Waals surface area contributed by atoms with Crippen molar-refractivity contribution >= 4 is 11.5 Å². The Labute approximate surface area is 152 Å². The van der Waals surface area contributed by atoms with E-state index in [0.29, 0.717) is 5.75 Å². The first kappa shape index (κ1) is 16.3. The molecule has 6 heteroatoms. The molecule has 2 aromatic heterocycles. The van der Waals surface area contributed by atoms with Crippen molar-refractivity contribution in [2.24, 2.45) is 0 Å². The molecule has 1 aliphatic heterocycles. The average Bonchev–Trinajstić information content (AvgIpc) is 2.69. The number of phenolic OH excluding ortho intramolecular Hbond substituents is 1. The van der Waals surface area contributed by atoms with Crippen molar-refractivity contribution in [3.05, 3.63) is 60.6 Å². The van der Waals surface area contributed by atoms with E-state index in [1.165, 1.54) is 0 Å². The minimum atomic E-state index is 0.332. The van der Waals surface area contributed by atoms with Gasteiger partial charge in [0.2, 0.25) is 0 Å². The molecule has 0 atom stereocenters. The fraction of sp³-hybridized carbons (Fsp3) is 0.250. The summed E-state index contributed by atoms with van der Waals surface area (Å²) in [5.74, 6) is 2.01. The Kier molecular flexibility index (Phi) is 4.39. The second kappa shape index (κ2) is 7.00. The van der Waals surface area contributed by atoms with E-state index in [1.807, 2.05) is 43.3 Å². The molecule has 0 bridgehead atoms. The van der Waals surface area contributed by atoms with Crippen LogP contribution >= 0.6 is 0 Å². The highest BCUT2D eigenvalue weighted by Crippen LogP contribution is 2.28. The first-order chi connectivity index (χ1) is 12.7. The minimum Gasteiger partial charge on any atom is -0.506 e. The lowest BCUT2D eigenvalue weighted by Crippen LogP contribution is -2.46. The van der Waals surface area contributed by atoms with Gasteiger partial charge in [-0.05, 0) is 31.2 Å².